The maximum Gasteiger partial charge on any atom is 0.249 e. The molecule has 0 saturated carbocycles. The normalized spacial score (nSPS) is 11.3. The predicted molar refractivity (Wildman–Crippen MR) is 116 cm³/mol. The van der Waals surface area contributed by atoms with E-state index in [0.717, 1.165) is 11.6 Å². The zero-order valence-corrected chi connectivity index (χ0v) is 17.8. The summed E-state index contributed by atoms with van der Waals surface area (Å²) in [7, 11) is -4.21. The van der Waals surface area contributed by atoms with Crippen LogP contribution >= 0.6 is 35.2 Å². The third-order valence-corrected chi connectivity index (χ3v) is 6.95. The first-order valence-corrected chi connectivity index (χ1v) is 11.2. The molecule has 4 N–H and O–H groups in total. The van der Waals surface area contributed by atoms with Crippen LogP contribution in [-0.4, -0.2) is 13.5 Å². The summed E-state index contributed by atoms with van der Waals surface area (Å²) < 4.78 is 51.7. The molecule has 1 aromatic heterocycles. The predicted octanol–water partition coefficient (Wildman–Crippen LogP) is 4.48. The Morgan fingerprint density at radius 1 is 1.14 bits per heavy atom. The Morgan fingerprint density at radius 2 is 1.83 bits per heavy atom. The number of thiocarbonyl (C=S) groups is 1. The molecule has 1 heterocycles. The second kappa shape index (κ2) is 8.72. The molecule has 0 aliphatic rings. The quantitative estimate of drug-likeness (QED) is 0.476. The van der Waals surface area contributed by atoms with Gasteiger partial charge >= 0.3 is 0 Å². The molecule has 0 aliphatic carbocycles. The van der Waals surface area contributed by atoms with Gasteiger partial charge in [-0.1, -0.05) is 54.1 Å². The van der Waals surface area contributed by atoms with Gasteiger partial charge in [0.1, 0.15) is 4.34 Å². The van der Waals surface area contributed by atoms with E-state index in [1.807, 2.05) is 30.3 Å². The first-order valence-electron chi connectivity index (χ1n) is 8.06. The van der Waals surface area contributed by atoms with E-state index in [4.69, 9.17) is 29.0 Å². The topological polar surface area (TPSA) is 84.2 Å². The van der Waals surface area contributed by atoms with Crippen molar-refractivity contribution >= 4 is 56.0 Å². The summed E-state index contributed by atoms with van der Waals surface area (Å²) in [5.41, 5.74) is 0.566. The maximum atomic E-state index is 14.4. The average molecular weight is 474 g/mol. The maximum absolute atomic E-state index is 14.4. The van der Waals surface area contributed by atoms with Crippen LogP contribution in [0.4, 0.5) is 14.5 Å². The number of nitrogens with two attached hydrogens (primary N) is 1. The van der Waals surface area contributed by atoms with Crippen LogP contribution in [0.5, 0.6) is 0 Å². The number of nitrogens with one attached hydrogen (secondary N) is 2. The summed E-state index contributed by atoms with van der Waals surface area (Å²) in [5, 5.41) is 11.0. The Labute approximate surface area is 180 Å². The van der Waals surface area contributed by atoms with Gasteiger partial charge in [0, 0.05) is 17.7 Å². The van der Waals surface area contributed by atoms with E-state index in [2.05, 4.69) is 10.6 Å². The minimum absolute atomic E-state index is 0.0402. The Balaban J connectivity index is 2.00. The lowest BCUT2D eigenvalue weighted by Gasteiger charge is -2.14. The zero-order chi connectivity index (χ0) is 21.2. The lowest BCUT2D eigenvalue weighted by molar-refractivity contribution is 0.511. The highest BCUT2D eigenvalue weighted by Gasteiger charge is 2.28. The van der Waals surface area contributed by atoms with E-state index in [1.54, 1.807) is 0 Å². The van der Waals surface area contributed by atoms with Gasteiger partial charge in [0.2, 0.25) is 10.0 Å². The second-order valence-corrected chi connectivity index (χ2v) is 9.64. The molecule has 0 atom stereocenters. The van der Waals surface area contributed by atoms with Gasteiger partial charge in [0.15, 0.2) is 21.0 Å². The van der Waals surface area contributed by atoms with Crippen molar-refractivity contribution in [2.24, 2.45) is 5.14 Å². The van der Waals surface area contributed by atoms with E-state index in [1.165, 1.54) is 12.1 Å². The van der Waals surface area contributed by atoms with Crippen molar-refractivity contribution in [1.82, 2.24) is 5.32 Å². The molecule has 0 aliphatic heterocycles. The van der Waals surface area contributed by atoms with Crippen LogP contribution in [0, 0.1) is 11.6 Å². The number of sulfonamides is 1. The van der Waals surface area contributed by atoms with Crippen molar-refractivity contribution in [1.29, 1.82) is 0 Å². The Hall–Kier alpha value is -2.11. The number of halogens is 3. The molecule has 0 bridgehead atoms. The third-order valence-electron chi connectivity index (χ3n) is 3.85. The molecule has 11 heteroatoms. The molecule has 0 saturated heterocycles. The minimum Gasteiger partial charge on any atom is -0.358 e. The van der Waals surface area contributed by atoms with E-state index in [-0.39, 0.29) is 30.5 Å². The zero-order valence-electron chi connectivity index (χ0n) is 14.6. The van der Waals surface area contributed by atoms with Crippen LogP contribution in [0.2, 0.25) is 4.34 Å². The van der Waals surface area contributed by atoms with Crippen LogP contribution in [0.25, 0.3) is 11.1 Å². The Kier molecular flexibility index (Phi) is 6.49. The lowest BCUT2D eigenvalue weighted by atomic mass is 10.1. The van der Waals surface area contributed by atoms with Gasteiger partial charge in [0.25, 0.3) is 0 Å². The lowest BCUT2D eigenvalue weighted by Crippen LogP contribution is -2.28. The van der Waals surface area contributed by atoms with Crippen molar-refractivity contribution in [3.05, 3.63) is 70.1 Å². The fraction of sp³-hybridized carbons (Fsp3) is 0.0556. The average Bonchev–Trinajstić information content (AvgIpc) is 2.99. The van der Waals surface area contributed by atoms with Gasteiger partial charge in [-0.25, -0.2) is 22.3 Å². The largest absolute Gasteiger partial charge is 0.358 e. The van der Waals surface area contributed by atoms with Crippen LogP contribution in [0.15, 0.2) is 52.7 Å². The van der Waals surface area contributed by atoms with Crippen molar-refractivity contribution in [2.75, 3.05) is 5.32 Å². The monoisotopic (exact) mass is 473 g/mol. The number of thiophene rings is 1. The van der Waals surface area contributed by atoms with Gasteiger partial charge < -0.3 is 10.6 Å². The fourth-order valence-corrected chi connectivity index (χ4v) is 5.19. The van der Waals surface area contributed by atoms with E-state index >= 15 is 0 Å². The Morgan fingerprint density at radius 3 is 2.48 bits per heavy atom. The second-order valence-electron chi connectivity index (χ2n) is 5.85. The molecule has 152 valence electrons. The molecule has 0 unspecified atom stereocenters. The van der Waals surface area contributed by atoms with Crippen molar-refractivity contribution in [3.63, 3.8) is 0 Å². The standard InChI is InChI=1S/C18H14ClF2N3O2S3/c19-16-13(11-7-4-8-12(20)14(11)21)15(17(28-16)29(22,25)26)24-18(27)23-9-10-5-2-1-3-6-10/h1-8H,9H2,(H2,22,25,26)(H2,23,24,27). The summed E-state index contributed by atoms with van der Waals surface area (Å²) in [5.74, 6) is -2.27. The third kappa shape index (κ3) is 4.90. The molecule has 29 heavy (non-hydrogen) atoms. The van der Waals surface area contributed by atoms with Crippen molar-refractivity contribution in [2.45, 2.75) is 10.8 Å². The molecule has 3 aromatic rings. The highest BCUT2D eigenvalue weighted by molar-refractivity contribution is 7.91. The minimum atomic E-state index is -4.21. The van der Waals surface area contributed by atoms with E-state index < -0.39 is 21.7 Å². The van der Waals surface area contributed by atoms with E-state index in [0.29, 0.717) is 17.9 Å². The first kappa shape index (κ1) is 21.6. The summed E-state index contributed by atoms with van der Waals surface area (Å²) in [4.78, 5) is 0. The van der Waals surface area contributed by atoms with Gasteiger partial charge in [-0.05, 0) is 23.8 Å². The molecule has 5 nitrogen and oxygen atoms in total. The number of anilines is 1. The molecule has 0 amide bonds. The van der Waals surface area contributed by atoms with Crippen molar-refractivity contribution in [3.8, 4) is 11.1 Å². The number of hydrogen-bond donors (Lipinski definition) is 3. The van der Waals surface area contributed by atoms with Crippen LogP contribution in [-0.2, 0) is 16.6 Å². The van der Waals surface area contributed by atoms with Crippen LogP contribution in [0.3, 0.4) is 0 Å². The molecule has 3 rings (SSSR count). The molecular formula is C18H14ClF2N3O2S3. The van der Waals surface area contributed by atoms with Crippen LogP contribution in [0.1, 0.15) is 5.56 Å². The smallest absolute Gasteiger partial charge is 0.249 e. The summed E-state index contributed by atoms with van der Waals surface area (Å²) >= 11 is 12.0. The number of benzene rings is 2. The van der Waals surface area contributed by atoms with Crippen LogP contribution < -0.4 is 15.8 Å². The van der Waals surface area contributed by atoms with Gasteiger partial charge in [-0.15, -0.1) is 11.3 Å². The van der Waals surface area contributed by atoms with Gasteiger partial charge in [-0.3, -0.25) is 0 Å². The summed E-state index contributed by atoms with van der Waals surface area (Å²) in [6.45, 7) is 0.360. The molecule has 0 spiro atoms. The highest BCUT2D eigenvalue weighted by Crippen LogP contribution is 2.46. The Bertz CT molecular complexity index is 1170. The van der Waals surface area contributed by atoms with Crippen molar-refractivity contribution < 1.29 is 17.2 Å². The first-order chi connectivity index (χ1) is 13.7. The van der Waals surface area contributed by atoms with Gasteiger partial charge in [-0.2, -0.15) is 0 Å². The number of rotatable bonds is 5. The highest BCUT2D eigenvalue weighted by atomic mass is 35.5. The molecule has 0 fully saturated rings. The van der Waals surface area contributed by atoms with Gasteiger partial charge in [0.05, 0.1) is 5.69 Å². The number of primary sulfonamides is 1. The summed E-state index contributed by atoms with van der Waals surface area (Å²) in [6, 6.07) is 12.8. The summed E-state index contributed by atoms with van der Waals surface area (Å²) in [6.07, 6.45) is 0. The number of hydrogen-bond acceptors (Lipinski definition) is 4. The molecular weight excluding hydrogens is 460 g/mol. The SMILES string of the molecule is NS(=O)(=O)c1sc(Cl)c(-c2cccc(F)c2F)c1NC(=S)NCc1ccccc1. The molecule has 2 aromatic carbocycles. The van der Waals surface area contributed by atoms with E-state index in [9.17, 15) is 17.2 Å². The molecule has 0 radical (unpaired) electrons. The fourth-order valence-electron chi connectivity index (χ4n) is 2.57.